The third-order valence-corrected chi connectivity index (χ3v) is 4.76. The van der Waals surface area contributed by atoms with Gasteiger partial charge in [0, 0.05) is 17.1 Å². The molecule has 0 N–H and O–H groups in total. The Balaban J connectivity index is 2.01. The zero-order valence-electron chi connectivity index (χ0n) is 13.1. The van der Waals surface area contributed by atoms with E-state index in [0.29, 0.717) is 0 Å². The lowest BCUT2D eigenvalue weighted by Crippen LogP contribution is -2.23. The van der Waals surface area contributed by atoms with Gasteiger partial charge < -0.3 is 0 Å². The summed E-state index contributed by atoms with van der Waals surface area (Å²) in [6.07, 6.45) is 2.53. The van der Waals surface area contributed by atoms with Crippen LogP contribution in [-0.2, 0) is 6.42 Å². The van der Waals surface area contributed by atoms with Gasteiger partial charge in [0.15, 0.2) is 0 Å². The molecule has 0 fully saturated rings. The third kappa shape index (κ3) is 3.27. The number of fused-ring (bicyclic) bond motifs is 1. The molecule has 6 heteroatoms. The molecule has 0 aromatic heterocycles. The van der Waals surface area contributed by atoms with Crippen LogP contribution in [0.2, 0.25) is 0 Å². The first-order valence-electron chi connectivity index (χ1n) is 8.00. The van der Waals surface area contributed by atoms with Gasteiger partial charge >= 0.3 is 0 Å². The molecule has 0 saturated heterocycles. The van der Waals surface area contributed by atoms with Crippen LogP contribution in [0.5, 0.6) is 0 Å². The lowest BCUT2D eigenvalue weighted by molar-refractivity contribution is -0.484. The highest BCUT2D eigenvalue weighted by atomic mass is 16.6. The summed E-state index contributed by atoms with van der Waals surface area (Å²) < 4.78 is 0. The minimum absolute atomic E-state index is 0.0161. The normalized spacial score (nSPS) is 17.8. The standard InChI is InChI=1S/C18H18N2O4/c21-19(22)12-18(13-5-2-1-3-6-13)17-8-4-7-14-11-15(20(23)24)9-10-16(14)17/h1-3,5-6,9-11,17-18H,4,7-8,12H2. The predicted octanol–water partition coefficient (Wildman–Crippen LogP) is 4.08. The Hall–Kier alpha value is -2.76. The molecule has 24 heavy (non-hydrogen) atoms. The molecule has 2 aromatic rings. The van der Waals surface area contributed by atoms with Gasteiger partial charge in [0.25, 0.3) is 5.69 Å². The van der Waals surface area contributed by atoms with E-state index in [9.17, 15) is 20.2 Å². The molecule has 124 valence electrons. The SMILES string of the molecule is O=[N+]([O-])CC(c1ccccc1)C1CCCc2cc([N+](=O)[O-])ccc21. The molecule has 0 aliphatic heterocycles. The zero-order valence-corrected chi connectivity index (χ0v) is 13.1. The van der Waals surface area contributed by atoms with Crippen molar-refractivity contribution >= 4 is 5.69 Å². The summed E-state index contributed by atoms with van der Waals surface area (Å²) in [6.45, 7) is -0.134. The summed E-state index contributed by atoms with van der Waals surface area (Å²) in [5, 5.41) is 22.2. The highest BCUT2D eigenvalue weighted by Gasteiger charge is 2.33. The maximum Gasteiger partial charge on any atom is 0.269 e. The second kappa shape index (κ2) is 6.78. The highest BCUT2D eigenvalue weighted by molar-refractivity contribution is 5.44. The number of benzene rings is 2. The first-order valence-corrected chi connectivity index (χ1v) is 8.00. The van der Waals surface area contributed by atoms with Crippen LogP contribution in [0, 0.1) is 20.2 Å². The fourth-order valence-electron chi connectivity index (χ4n) is 3.70. The van der Waals surface area contributed by atoms with E-state index in [0.717, 1.165) is 36.0 Å². The summed E-state index contributed by atoms with van der Waals surface area (Å²) in [6, 6.07) is 14.4. The Morgan fingerprint density at radius 2 is 1.83 bits per heavy atom. The Morgan fingerprint density at radius 1 is 1.08 bits per heavy atom. The number of nitro groups is 2. The molecule has 0 spiro atoms. The molecular weight excluding hydrogens is 308 g/mol. The van der Waals surface area contributed by atoms with Gasteiger partial charge in [0.05, 0.1) is 10.8 Å². The van der Waals surface area contributed by atoms with Crippen LogP contribution < -0.4 is 0 Å². The first-order chi connectivity index (χ1) is 11.6. The Bertz CT molecular complexity index is 761. The fourth-order valence-corrected chi connectivity index (χ4v) is 3.70. The Labute approximate surface area is 139 Å². The molecule has 0 radical (unpaired) electrons. The van der Waals surface area contributed by atoms with E-state index >= 15 is 0 Å². The molecule has 6 nitrogen and oxygen atoms in total. The van der Waals surface area contributed by atoms with Crippen LogP contribution in [-0.4, -0.2) is 16.4 Å². The smallest absolute Gasteiger partial charge is 0.265 e. The number of nitrogens with zero attached hydrogens (tertiary/aromatic N) is 2. The minimum atomic E-state index is -0.393. The summed E-state index contributed by atoms with van der Waals surface area (Å²) >= 11 is 0. The lowest BCUT2D eigenvalue weighted by atomic mass is 9.73. The summed E-state index contributed by atoms with van der Waals surface area (Å²) in [5.41, 5.74) is 3.00. The predicted molar refractivity (Wildman–Crippen MR) is 89.8 cm³/mol. The van der Waals surface area contributed by atoms with Crippen molar-refractivity contribution in [3.05, 3.63) is 85.4 Å². The van der Waals surface area contributed by atoms with Gasteiger partial charge in [-0.25, -0.2) is 0 Å². The van der Waals surface area contributed by atoms with Crippen molar-refractivity contribution in [2.24, 2.45) is 0 Å². The van der Waals surface area contributed by atoms with Gasteiger partial charge in [0.2, 0.25) is 6.54 Å². The van der Waals surface area contributed by atoms with Crippen molar-refractivity contribution in [3.8, 4) is 0 Å². The van der Waals surface area contributed by atoms with Crippen molar-refractivity contribution < 1.29 is 9.85 Å². The molecule has 0 bridgehead atoms. The van der Waals surface area contributed by atoms with E-state index < -0.39 is 4.92 Å². The van der Waals surface area contributed by atoms with Crippen LogP contribution in [0.25, 0.3) is 0 Å². The van der Waals surface area contributed by atoms with Crippen LogP contribution in [0.1, 0.15) is 41.4 Å². The van der Waals surface area contributed by atoms with E-state index in [2.05, 4.69) is 0 Å². The van der Waals surface area contributed by atoms with E-state index in [1.807, 2.05) is 30.3 Å². The summed E-state index contributed by atoms with van der Waals surface area (Å²) in [4.78, 5) is 21.5. The van der Waals surface area contributed by atoms with Gasteiger partial charge in [-0.1, -0.05) is 36.4 Å². The summed E-state index contributed by atoms with van der Waals surface area (Å²) in [7, 11) is 0. The highest BCUT2D eigenvalue weighted by Crippen LogP contribution is 2.42. The van der Waals surface area contributed by atoms with Crippen LogP contribution >= 0.6 is 0 Å². The van der Waals surface area contributed by atoms with Gasteiger partial charge in [-0.3, -0.25) is 20.2 Å². The van der Waals surface area contributed by atoms with Crippen LogP contribution in [0.3, 0.4) is 0 Å². The first kappa shape index (κ1) is 16.1. The second-order valence-corrected chi connectivity index (χ2v) is 6.17. The number of hydrogen-bond acceptors (Lipinski definition) is 4. The number of non-ortho nitro benzene ring substituents is 1. The number of hydrogen-bond donors (Lipinski definition) is 0. The van der Waals surface area contributed by atoms with E-state index in [1.54, 1.807) is 12.1 Å². The van der Waals surface area contributed by atoms with Gasteiger partial charge in [-0.2, -0.15) is 0 Å². The number of aryl methyl sites for hydroxylation is 1. The van der Waals surface area contributed by atoms with Crippen LogP contribution in [0.15, 0.2) is 48.5 Å². The third-order valence-electron chi connectivity index (χ3n) is 4.76. The molecule has 0 saturated carbocycles. The Kier molecular flexibility index (Phi) is 4.55. The molecule has 2 unspecified atom stereocenters. The van der Waals surface area contributed by atoms with Gasteiger partial charge in [-0.15, -0.1) is 0 Å². The maximum absolute atomic E-state index is 11.2. The van der Waals surface area contributed by atoms with Crippen molar-refractivity contribution in [2.45, 2.75) is 31.1 Å². The fraction of sp³-hybridized carbons (Fsp3) is 0.333. The number of nitro benzene ring substituents is 1. The quantitative estimate of drug-likeness (QED) is 0.612. The molecule has 1 aliphatic carbocycles. The average molecular weight is 326 g/mol. The van der Waals surface area contributed by atoms with Gasteiger partial charge in [-0.05, 0) is 41.9 Å². The van der Waals surface area contributed by atoms with E-state index in [-0.39, 0.29) is 29.0 Å². The molecular formula is C18H18N2O4. The van der Waals surface area contributed by atoms with Crippen molar-refractivity contribution in [3.63, 3.8) is 0 Å². The molecule has 1 aliphatic rings. The van der Waals surface area contributed by atoms with Crippen molar-refractivity contribution in [1.29, 1.82) is 0 Å². The second-order valence-electron chi connectivity index (χ2n) is 6.17. The largest absolute Gasteiger partial charge is 0.269 e. The minimum Gasteiger partial charge on any atom is -0.265 e. The topological polar surface area (TPSA) is 86.3 Å². The molecule has 0 heterocycles. The molecule has 3 rings (SSSR count). The van der Waals surface area contributed by atoms with Crippen molar-refractivity contribution in [1.82, 2.24) is 0 Å². The van der Waals surface area contributed by atoms with Gasteiger partial charge in [0.1, 0.15) is 0 Å². The molecule has 2 atom stereocenters. The Morgan fingerprint density at radius 3 is 2.50 bits per heavy atom. The number of rotatable bonds is 5. The summed E-state index contributed by atoms with van der Waals surface area (Å²) in [5.74, 6) is -0.205. The van der Waals surface area contributed by atoms with E-state index in [1.165, 1.54) is 6.07 Å². The molecule has 2 aromatic carbocycles. The van der Waals surface area contributed by atoms with Crippen LogP contribution in [0.4, 0.5) is 5.69 Å². The monoisotopic (exact) mass is 326 g/mol. The van der Waals surface area contributed by atoms with E-state index in [4.69, 9.17) is 0 Å². The maximum atomic E-state index is 11.2. The average Bonchev–Trinajstić information content (AvgIpc) is 2.59. The zero-order chi connectivity index (χ0) is 17.1. The lowest BCUT2D eigenvalue weighted by Gasteiger charge is -2.30. The van der Waals surface area contributed by atoms with Crippen molar-refractivity contribution in [2.75, 3.05) is 6.54 Å². The molecule has 0 amide bonds.